The summed E-state index contributed by atoms with van der Waals surface area (Å²) < 4.78 is 4.98. The number of esters is 1. The van der Waals surface area contributed by atoms with Gasteiger partial charge in [0.1, 0.15) is 6.10 Å². The van der Waals surface area contributed by atoms with E-state index in [9.17, 15) is 4.79 Å². The summed E-state index contributed by atoms with van der Waals surface area (Å²) in [7, 11) is 0. The molecular weight excluding hydrogens is 200 g/mol. The van der Waals surface area contributed by atoms with Crippen molar-refractivity contribution >= 4 is 5.97 Å². The Balaban J connectivity index is 3.91. The van der Waals surface area contributed by atoms with Gasteiger partial charge in [-0.2, -0.15) is 0 Å². The first-order chi connectivity index (χ1) is 7.20. The topological polar surface area (TPSA) is 26.3 Å². The van der Waals surface area contributed by atoms with Gasteiger partial charge in [0, 0.05) is 6.92 Å². The van der Waals surface area contributed by atoms with E-state index in [1.807, 2.05) is 19.1 Å². The standard InChI is InChI=1S/C14H24O2/c1-11(10-14(4,5)6)8-7-9-12(2)16-13(3)15/h7,9,12H,1,8,10H2,2-6H3. The molecule has 92 valence electrons. The molecule has 2 nitrogen and oxygen atoms in total. The van der Waals surface area contributed by atoms with Crippen LogP contribution in [0.15, 0.2) is 24.3 Å². The molecule has 0 aromatic carbocycles. The summed E-state index contributed by atoms with van der Waals surface area (Å²) >= 11 is 0. The van der Waals surface area contributed by atoms with Crippen LogP contribution in [0.1, 0.15) is 47.5 Å². The normalized spacial score (nSPS) is 13.8. The van der Waals surface area contributed by atoms with Crippen molar-refractivity contribution in [2.45, 2.75) is 53.6 Å². The van der Waals surface area contributed by atoms with Gasteiger partial charge in [-0.1, -0.05) is 39.0 Å². The van der Waals surface area contributed by atoms with E-state index in [1.54, 1.807) is 0 Å². The summed E-state index contributed by atoms with van der Waals surface area (Å²) in [6, 6.07) is 0. The maximum atomic E-state index is 10.7. The van der Waals surface area contributed by atoms with Gasteiger partial charge in [0.25, 0.3) is 0 Å². The van der Waals surface area contributed by atoms with E-state index >= 15 is 0 Å². The highest BCUT2D eigenvalue weighted by molar-refractivity contribution is 5.66. The zero-order valence-electron chi connectivity index (χ0n) is 11.2. The van der Waals surface area contributed by atoms with Crippen molar-refractivity contribution in [1.29, 1.82) is 0 Å². The van der Waals surface area contributed by atoms with E-state index in [2.05, 4.69) is 27.4 Å². The van der Waals surface area contributed by atoms with Gasteiger partial charge < -0.3 is 4.74 Å². The maximum Gasteiger partial charge on any atom is 0.303 e. The predicted molar refractivity (Wildman–Crippen MR) is 68.2 cm³/mol. The Morgan fingerprint density at radius 1 is 1.44 bits per heavy atom. The second-order valence-electron chi connectivity index (χ2n) is 5.43. The molecule has 0 saturated carbocycles. The predicted octanol–water partition coefficient (Wildman–Crippen LogP) is 3.88. The summed E-state index contributed by atoms with van der Waals surface area (Å²) in [5.41, 5.74) is 1.49. The second-order valence-corrected chi connectivity index (χ2v) is 5.43. The van der Waals surface area contributed by atoms with Gasteiger partial charge in [-0.15, -0.1) is 0 Å². The van der Waals surface area contributed by atoms with Crippen molar-refractivity contribution in [1.82, 2.24) is 0 Å². The lowest BCUT2D eigenvalue weighted by molar-refractivity contribution is -0.143. The lowest BCUT2D eigenvalue weighted by Gasteiger charge is -2.18. The van der Waals surface area contributed by atoms with Crippen LogP contribution in [-0.2, 0) is 9.53 Å². The molecule has 0 aliphatic heterocycles. The molecule has 0 bridgehead atoms. The van der Waals surface area contributed by atoms with Crippen LogP contribution in [0.2, 0.25) is 0 Å². The highest BCUT2D eigenvalue weighted by Gasteiger charge is 2.10. The Labute approximate surface area is 99.4 Å². The minimum absolute atomic E-state index is 0.153. The molecule has 0 aromatic heterocycles. The molecule has 1 unspecified atom stereocenters. The summed E-state index contributed by atoms with van der Waals surface area (Å²) in [5.74, 6) is -0.245. The first-order valence-electron chi connectivity index (χ1n) is 5.71. The molecule has 0 aromatic rings. The summed E-state index contributed by atoms with van der Waals surface area (Å²) in [4.78, 5) is 10.7. The first-order valence-corrected chi connectivity index (χ1v) is 5.71. The van der Waals surface area contributed by atoms with Crippen LogP contribution in [0.25, 0.3) is 0 Å². The Kier molecular flexibility index (Phi) is 6.09. The van der Waals surface area contributed by atoms with Crippen molar-refractivity contribution in [3.05, 3.63) is 24.3 Å². The van der Waals surface area contributed by atoms with Crippen LogP contribution in [0.3, 0.4) is 0 Å². The molecule has 2 heteroatoms. The first kappa shape index (κ1) is 14.9. The second kappa shape index (κ2) is 6.51. The number of ether oxygens (including phenoxy) is 1. The SMILES string of the molecule is C=C(CC=CC(C)OC(C)=O)CC(C)(C)C. The highest BCUT2D eigenvalue weighted by Crippen LogP contribution is 2.24. The molecule has 0 rings (SSSR count). The van der Waals surface area contributed by atoms with Crippen LogP contribution >= 0.6 is 0 Å². The van der Waals surface area contributed by atoms with E-state index in [0.717, 1.165) is 12.8 Å². The van der Waals surface area contributed by atoms with Crippen LogP contribution < -0.4 is 0 Å². The van der Waals surface area contributed by atoms with Crippen molar-refractivity contribution in [3.63, 3.8) is 0 Å². The van der Waals surface area contributed by atoms with Gasteiger partial charge in [0.2, 0.25) is 0 Å². The van der Waals surface area contributed by atoms with Crippen molar-refractivity contribution in [2.75, 3.05) is 0 Å². The largest absolute Gasteiger partial charge is 0.459 e. The molecule has 0 radical (unpaired) electrons. The Morgan fingerprint density at radius 2 is 2.00 bits per heavy atom. The van der Waals surface area contributed by atoms with Crippen molar-refractivity contribution < 1.29 is 9.53 Å². The van der Waals surface area contributed by atoms with E-state index in [4.69, 9.17) is 4.74 Å². The molecular formula is C14H24O2. The maximum absolute atomic E-state index is 10.7. The number of allylic oxidation sites excluding steroid dienone is 2. The molecule has 16 heavy (non-hydrogen) atoms. The third kappa shape index (κ3) is 9.50. The smallest absolute Gasteiger partial charge is 0.303 e. The van der Waals surface area contributed by atoms with Gasteiger partial charge in [0.15, 0.2) is 0 Å². The fraction of sp³-hybridized carbons (Fsp3) is 0.643. The van der Waals surface area contributed by atoms with Gasteiger partial charge in [-0.3, -0.25) is 4.79 Å². The molecule has 1 atom stereocenters. The average Bonchev–Trinajstić information content (AvgIpc) is 1.98. The van der Waals surface area contributed by atoms with Crippen molar-refractivity contribution in [2.24, 2.45) is 5.41 Å². The van der Waals surface area contributed by atoms with Crippen LogP contribution in [-0.4, -0.2) is 12.1 Å². The molecule has 0 saturated heterocycles. The number of rotatable bonds is 5. The van der Waals surface area contributed by atoms with Crippen LogP contribution in [0, 0.1) is 5.41 Å². The minimum Gasteiger partial charge on any atom is -0.459 e. The lowest BCUT2D eigenvalue weighted by Crippen LogP contribution is -2.09. The monoisotopic (exact) mass is 224 g/mol. The molecule has 0 aliphatic carbocycles. The molecule has 0 spiro atoms. The minimum atomic E-state index is -0.245. The molecule has 0 N–H and O–H groups in total. The molecule has 0 aliphatic rings. The fourth-order valence-corrected chi connectivity index (χ4v) is 1.55. The molecule has 0 heterocycles. The van der Waals surface area contributed by atoms with Gasteiger partial charge >= 0.3 is 5.97 Å². The number of hydrogen-bond acceptors (Lipinski definition) is 2. The number of carbonyl (C=O) groups is 1. The average molecular weight is 224 g/mol. The third-order valence-corrected chi connectivity index (χ3v) is 1.95. The zero-order valence-corrected chi connectivity index (χ0v) is 11.2. The quantitative estimate of drug-likeness (QED) is 0.523. The van der Waals surface area contributed by atoms with Crippen LogP contribution in [0.4, 0.5) is 0 Å². The summed E-state index contributed by atoms with van der Waals surface area (Å²) in [6.45, 7) is 13.9. The van der Waals surface area contributed by atoms with E-state index in [-0.39, 0.29) is 17.5 Å². The van der Waals surface area contributed by atoms with E-state index in [1.165, 1.54) is 12.5 Å². The number of hydrogen-bond donors (Lipinski definition) is 0. The van der Waals surface area contributed by atoms with Crippen LogP contribution in [0.5, 0.6) is 0 Å². The highest BCUT2D eigenvalue weighted by atomic mass is 16.5. The summed E-state index contributed by atoms with van der Waals surface area (Å²) in [6.07, 6.45) is 5.62. The lowest BCUT2D eigenvalue weighted by atomic mass is 9.87. The molecule has 0 amide bonds. The Morgan fingerprint density at radius 3 is 2.44 bits per heavy atom. The van der Waals surface area contributed by atoms with Gasteiger partial charge in [-0.25, -0.2) is 0 Å². The Hall–Kier alpha value is -1.05. The van der Waals surface area contributed by atoms with E-state index in [0.29, 0.717) is 0 Å². The zero-order chi connectivity index (χ0) is 12.8. The van der Waals surface area contributed by atoms with Gasteiger partial charge in [0.05, 0.1) is 0 Å². The fourth-order valence-electron chi connectivity index (χ4n) is 1.55. The summed E-state index contributed by atoms with van der Waals surface area (Å²) in [5, 5.41) is 0. The third-order valence-electron chi connectivity index (χ3n) is 1.95. The molecule has 0 fully saturated rings. The van der Waals surface area contributed by atoms with Crippen molar-refractivity contribution in [3.8, 4) is 0 Å². The number of carbonyl (C=O) groups excluding carboxylic acids is 1. The van der Waals surface area contributed by atoms with Gasteiger partial charge in [-0.05, 0) is 31.3 Å². The van der Waals surface area contributed by atoms with E-state index < -0.39 is 0 Å². The Bertz CT molecular complexity index is 269.